The van der Waals surface area contributed by atoms with E-state index < -0.39 is 36.0 Å². The summed E-state index contributed by atoms with van der Waals surface area (Å²) in [5, 5.41) is 24.8. The van der Waals surface area contributed by atoms with E-state index in [4.69, 9.17) is 28.3 Å². The van der Waals surface area contributed by atoms with Gasteiger partial charge in [0.15, 0.2) is 6.10 Å². The molecule has 0 fully saturated rings. The molecule has 10 nitrogen and oxygen atoms in total. The molecule has 0 aliphatic carbocycles. The number of hydrogen-bond donors (Lipinski definition) is 4. The van der Waals surface area contributed by atoms with Gasteiger partial charge in [-0.05, 0) is 41.5 Å². The van der Waals surface area contributed by atoms with Gasteiger partial charge in [0.1, 0.15) is 5.82 Å². The number of halogens is 3. The summed E-state index contributed by atoms with van der Waals surface area (Å²) in [7, 11) is 0. The Bertz CT molecular complexity index is 1540. The highest BCUT2D eigenvalue weighted by atomic mass is 35.5. The fraction of sp³-hybridized carbons (Fsp3) is 0.120. The van der Waals surface area contributed by atoms with Gasteiger partial charge in [-0.1, -0.05) is 59.6 Å². The van der Waals surface area contributed by atoms with Crippen molar-refractivity contribution in [2.75, 3.05) is 6.54 Å². The molecule has 4 rings (SSSR count). The zero-order chi connectivity index (χ0) is 27.4. The number of aliphatic hydroxyl groups is 1. The van der Waals surface area contributed by atoms with Crippen molar-refractivity contribution >= 4 is 35.1 Å². The summed E-state index contributed by atoms with van der Waals surface area (Å²) >= 11 is 12.1. The normalized spacial score (nSPS) is 11.9. The first-order valence-corrected chi connectivity index (χ1v) is 11.8. The molecule has 13 heteroatoms. The van der Waals surface area contributed by atoms with Crippen LogP contribution in [0.4, 0.5) is 4.39 Å². The number of aromatic amines is 1. The number of aromatic nitrogens is 3. The van der Waals surface area contributed by atoms with Gasteiger partial charge in [0.05, 0.1) is 17.3 Å². The summed E-state index contributed by atoms with van der Waals surface area (Å²) in [4.78, 5) is 38.8. The largest absolute Gasteiger partial charge is 0.479 e. The Morgan fingerprint density at radius 2 is 1.82 bits per heavy atom. The molecule has 0 aliphatic rings. The van der Waals surface area contributed by atoms with Crippen LogP contribution in [0, 0.1) is 5.82 Å². The molecule has 0 saturated heterocycles. The van der Waals surface area contributed by atoms with Crippen molar-refractivity contribution < 1.29 is 24.2 Å². The Hall–Kier alpha value is -4.03. The first-order chi connectivity index (χ1) is 18.1. The maximum absolute atomic E-state index is 14.2. The van der Waals surface area contributed by atoms with Gasteiger partial charge in [0.25, 0.3) is 0 Å². The number of carbonyl (C=O) groups is 2. The fourth-order valence-corrected chi connectivity index (χ4v) is 3.96. The smallest absolute Gasteiger partial charge is 0.348 e. The molecule has 3 aromatic carbocycles. The molecule has 0 bridgehead atoms. The molecule has 1 aromatic heterocycles. The number of hydrazine groups is 1. The van der Waals surface area contributed by atoms with Crippen molar-refractivity contribution in [3.8, 4) is 16.8 Å². The van der Waals surface area contributed by atoms with E-state index in [9.17, 15) is 23.9 Å². The Morgan fingerprint density at radius 3 is 2.50 bits per heavy atom. The van der Waals surface area contributed by atoms with Crippen LogP contribution < -0.4 is 11.1 Å². The van der Waals surface area contributed by atoms with E-state index in [0.29, 0.717) is 21.7 Å². The molecule has 1 atom stereocenters. The number of H-pyrrole nitrogens is 1. The summed E-state index contributed by atoms with van der Waals surface area (Å²) < 4.78 is 15.1. The number of aliphatic hydroxyl groups excluding tert-OH is 1. The van der Waals surface area contributed by atoms with E-state index in [2.05, 4.69) is 15.5 Å². The van der Waals surface area contributed by atoms with Crippen LogP contribution in [0.2, 0.25) is 10.0 Å². The monoisotopic (exact) mass is 559 g/mol. The van der Waals surface area contributed by atoms with E-state index in [1.807, 2.05) is 0 Å². The van der Waals surface area contributed by atoms with Crippen LogP contribution >= 0.6 is 23.2 Å². The van der Waals surface area contributed by atoms with Crippen molar-refractivity contribution in [3.05, 3.63) is 104 Å². The van der Waals surface area contributed by atoms with Crippen LogP contribution in [0.25, 0.3) is 16.8 Å². The average molecular weight is 560 g/mol. The number of nitrogens with one attached hydrogen (secondary N) is 2. The maximum Gasteiger partial charge on any atom is 0.348 e. The summed E-state index contributed by atoms with van der Waals surface area (Å²) in [5.41, 5.74) is 3.44. The number of carbonyl (C=O) groups excluding carboxylic acids is 1. The summed E-state index contributed by atoms with van der Waals surface area (Å²) in [6, 6.07) is 17.2. The highest BCUT2D eigenvalue weighted by molar-refractivity contribution is 6.32. The number of benzene rings is 3. The molecule has 0 spiro atoms. The molecular weight excluding hydrogens is 540 g/mol. The fourth-order valence-electron chi connectivity index (χ4n) is 3.58. The van der Waals surface area contributed by atoms with E-state index in [1.165, 1.54) is 18.2 Å². The Kier molecular flexibility index (Phi) is 8.23. The topological polar surface area (TPSA) is 141 Å². The molecule has 38 heavy (non-hydrogen) atoms. The molecule has 4 N–H and O–H groups in total. The quantitative estimate of drug-likeness (QED) is 0.231. The van der Waals surface area contributed by atoms with Gasteiger partial charge >= 0.3 is 17.6 Å². The van der Waals surface area contributed by atoms with E-state index >= 15 is 0 Å². The third-order valence-corrected chi connectivity index (χ3v) is 5.97. The van der Waals surface area contributed by atoms with Crippen molar-refractivity contribution in [1.82, 2.24) is 25.2 Å². The van der Waals surface area contributed by atoms with Gasteiger partial charge in [-0.15, -0.1) is 5.10 Å². The Labute approximate surface area is 224 Å². The number of nitrogens with zero attached hydrogens (tertiary/aromatic N) is 3. The average Bonchev–Trinajstić information content (AvgIpc) is 3.27. The second-order valence-electron chi connectivity index (χ2n) is 8.14. The minimum atomic E-state index is -1.82. The molecule has 0 radical (unpaired) electrons. The predicted octanol–water partition coefficient (Wildman–Crippen LogP) is 3.27. The summed E-state index contributed by atoms with van der Waals surface area (Å²) in [6.07, 6.45) is -1.82. The van der Waals surface area contributed by atoms with Gasteiger partial charge < -0.3 is 10.2 Å². The molecule has 196 valence electrons. The van der Waals surface area contributed by atoms with E-state index in [0.717, 1.165) is 9.69 Å². The van der Waals surface area contributed by atoms with Gasteiger partial charge in [-0.2, -0.15) is 4.68 Å². The SMILES string of the molecule is O=C(NN(Cc1ccc(-c2cc(Cl)ccc2F)cc1)CC(O)C(=O)O)c1nn(-c2ccccc2Cl)c(=O)[nH]1. The van der Waals surface area contributed by atoms with Crippen molar-refractivity contribution in [2.45, 2.75) is 12.6 Å². The predicted molar refractivity (Wildman–Crippen MR) is 138 cm³/mol. The molecule has 1 heterocycles. The highest BCUT2D eigenvalue weighted by Crippen LogP contribution is 2.26. The lowest BCUT2D eigenvalue weighted by Crippen LogP contribution is -2.47. The zero-order valence-electron chi connectivity index (χ0n) is 19.4. The lowest BCUT2D eigenvalue weighted by atomic mass is 10.0. The van der Waals surface area contributed by atoms with E-state index in [-0.39, 0.29) is 23.1 Å². The standard InChI is InChI=1S/C25H20Cl2FN5O5/c26-16-9-10-19(28)17(11-16)15-7-5-14(6-8-15)12-32(13-21(34)24(36)37)31-23(35)22-29-25(38)33(30-22)20-4-2-1-3-18(20)27/h1-11,21,34H,12-13H2,(H,31,35)(H,36,37)(H,29,30,38). The number of aliphatic carboxylic acids is 1. The zero-order valence-corrected chi connectivity index (χ0v) is 20.9. The molecule has 4 aromatic rings. The second kappa shape index (κ2) is 11.6. The van der Waals surface area contributed by atoms with Crippen LogP contribution in [0.3, 0.4) is 0 Å². The molecular formula is C25H20Cl2FN5O5. The van der Waals surface area contributed by atoms with Gasteiger partial charge in [-0.3, -0.25) is 15.2 Å². The summed E-state index contributed by atoms with van der Waals surface area (Å²) in [5.74, 6) is -3.17. The molecule has 1 unspecified atom stereocenters. The number of rotatable bonds is 9. The van der Waals surface area contributed by atoms with Gasteiger partial charge in [-0.25, -0.2) is 19.0 Å². The number of para-hydroxylation sites is 1. The lowest BCUT2D eigenvalue weighted by molar-refractivity contribution is -0.148. The third-order valence-electron chi connectivity index (χ3n) is 5.42. The molecule has 0 aliphatic heterocycles. The van der Waals surface area contributed by atoms with Crippen LogP contribution in [-0.2, 0) is 11.3 Å². The van der Waals surface area contributed by atoms with E-state index in [1.54, 1.807) is 48.5 Å². The Morgan fingerprint density at radius 1 is 1.11 bits per heavy atom. The van der Waals surface area contributed by atoms with Crippen LogP contribution in [0.15, 0.2) is 71.5 Å². The van der Waals surface area contributed by atoms with Gasteiger partial charge in [0.2, 0.25) is 5.82 Å². The number of carboxylic acid groups (broad SMARTS) is 1. The van der Waals surface area contributed by atoms with Crippen molar-refractivity contribution in [1.29, 1.82) is 0 Å². The first-order valence-electron chi connectivity index (χ1n) is 11.1. The first kappa shape index (κ1) is 27.0. The highest BCUT2D eigenvalue weighted by Gasteiger charge is 2.23. The number of hydrogen-bond acceptors (Lipinski definition) is 6. The lowest BCUT2D eigenvalue weighted by Gasteiger charge is -2.24. The second-order valence-corrected chi connectivity index (χ2v) is 8.98. The minimum Gasteiger partial charge on any atom is -0.479 e. The number of amides is 1. The van der Waals surface area contributed by atoms with Crippen LogP contribution in [-0.4, -0.2) is 54.5 Å². The third kappa shape index (κ3) is 6.26. The summed E-state index contributed by atoms with van der Waals surface area (Å²) in [6.45, 7) is -0.523. The van der Waals surface area contributed by atoms with Gasteiger partial charge in [0, 0.05) is 17.1 Å². The Balaban J connectivity index is 1.54. The molecule has 0 saturated carbocycles. The molecule has 1 amide bonds. The van der Waals surface area contributed by atoms with Crippen molar-refractivity contribution in [3.63, 3.8) is 0 Å². The number of carboxylic acids is 1. The minimum absolute atomic E-state index is 0.0379. The van der Waals surface area contributed by atoms with Crippen molar-refractivity contribution in [2.24, 2.45) is 0 Å². The maximum atomic E-state index is 14.2. The van der Waals surface area contributed by atoms with Crippen LogP contribution in [0.1, 0.15) is 16.2 Å². The van der Waals surface area contributed by atoms with Crippen LogP contribution in [0.5, 0.6) is 0 Å².